The van der Waals surface area contributed by atoms with Gasteiger partial charge in [-0.15, -0.1) is 0 Å². The van der Waals surface area contributed by atoms with Crippen LogP contribution in [0.5, 0.6) is 0 Å². The molecule has 0 N–H and O–H groups in total. The van der Waals surface area contributed by atoms with E-state index in [1.165, 1.54) is 35.9 Å². The maximum Gasteiger partial charge on any atom is 0.123 e. The fourth-order valence-corrected chi connectivity index (χ4v) is 5.29. The normalized spacial score (nSPS) is 20.3. The standard InChI is InChI=1S/C27H27F3N2/c28-20-6-4-19(5-7-20)3-1-2-15-31-16-14-27-25(18-31)24-17-22(30)10-13-26(24)32(27)23-11-8-21(29)9-12-23/h4-13,17,25,27H,1-3,14-16,18H2. The molecule has 2 heterocycles. The molecule has 5 rings (SSSR count). The van der Waals surface area contributed by atoms with Crippen LogP contribution in [0.4, 0.5) is 24.5 Å². The largest absolute Gasteiger partial charge is 0.337 e. The van der Waals surface area contributed by atoms with Crippen LogP contribution in [-0.2, 0) is 6.42 Å². The van der Waals surface area contributed by atoms with Gasteiger partial charge >= 0.3 is 0 Å². The predicted octanol–water partition coefficient (Wildman–Crippen LogP) is 6.44. The smallest absolute Gasteiger partial charge is 0.123 e. The summed E-state index contributed by atoms with van der Waals surface area (Å²) in [6.45, 7) is 2.90. The molecule has 0 saturated carbocycles. The zero-order valence-electron chi connectivity index (χ0n) is 18.0. The summed E-state index contributed by atoms with van der Waals surface area (Å²) in [4.78, 5) is 4.75. The third-order valence-corrected chi connectivity index (χ3v) is 6.85. The van der Waals surface area contributed by atoms with Crippen molar-refractivity contribution in [1.29, 1.82) is 0 Å². The number of piperidine rings is 1. The molecule has 3 aromatic carbocycles. The zero-order valence-corrected chi connectivity index (χ0v) is 18.0. The van der Waals surface area contributed by atoms with Crippen LogP contribution >= 0.6 is 0 Å². The summed E-state index contributed by atoms with van der Waals surface area (Å²) in [5.41, 5.74) is 4.21. The van der Waals surface area contributed by atoms with Crippen LogP contribution in [0.1, 0.15) is 36.3 Å². The van der Waals surface area contributed by atoms with Crippen molar-refractivity contribution >= 4 is 11.4 Å². The van der Waals surface area contributed by atoms with Crippen molar-refractivity contribution in [3.63, 3.8) is 0 Å². The third-order valence-electron chi connectivity index (χ3n) is 6.85. The number of fused-ring (bicyclic) bond motifs is 3. The summed E-state index contributed by atoms with van der Waals surface area (Å²) in [6.07, 6.45) is 4.07. The number of benzene rings is 3. The molecule has 2 unspecified atom stereocenters. The molecular weight excluding hydrogens is 409 g/mol. The quantitative estimate of drug-likeness (QED) is 0.411. The average Bonchev–Trinajstić information content (AvgIpc) is 3.11. The van der Waals surface area contributed by atoms with Gasteiger partial charge in [-0.1, -0.05) is 12.1 Å². The molecule has 0 aromatic heterocycles. The van der Waals surface area contributed by atoms with Crippen LogP contribution in [0.3, 0.4) is 0 Å². The molecule has 2 nitrogen and oxygen atoms in total. The Morgan fingerprint density at radius 2 is 1.47 bits per heavy atom. The van der Waals surface area contributed by atoms with Crippen LogP contribution in [0.2, 0.25) is 0 Å². The third kappa shape index (κ3) is 4.26. The van der Waals surface area contributed by atoms with Gasteiger partial charge in [0.15, 0.2) is 0 Å². The predicted molar refractivity (Wildman–Crippen MR) is 122 cm³/mol. The Labute approximate surface area is 187 Å². The molecule has 0 aliphatic carbocycles. The summed E-state index contributed by atoms with van der Waals surface area (Å²) in [7, 11) is 0. The SMILES string of the molecule is Fc1ccc(CCCCN2CCC3C(C2)c2cc(F)ccc2N3c2ccc(F)cc2)cc1. The van der Waals surface area contributed by atoms with E-state index in [4.69, 9.17) is 0 Å². The number of aryl methyl sites for hydroxylation is 1. The zero-order chi connectivity index (χ0) is 22.1. The topological polar surface area (TPSA) is 6.48 Å². The van der Waals surface area contributed by atoms with E-state index >= 15 is 0 Å². The highest BCUT2D eigenvalue weighted by molar-refractivity contribution is 5.73. The molecule has 2 aliphatic rings. The van der Waals surface area contributed by atoms with Crippen LogP contribution in [0, 0.1) is 17.5 Å². The highest BCUT2D eigenvalue weighted by atomic mass is 19.1. The van der Waals surface area contributed by atoms with E-state index < -0.39 is 0 Å². The van der Waals surface area contributed by atoms with Gasteiger partial charge in [-0.05, 0) is 98.0 Å². The lowest BCUT2D eigenvalue weighted by atomic mass is 9.88. The number of likely N-dealkylation sites (tertiary alicyclic amines) is 1. The number of nitrogens with zero attached hydrogens (tertiary/aromatic N) is 2. The Morgan fingerprint density at radius 3 is 2.22 bits per heavy atom. The Kier molecular flexibility index (Phi) is 5.92. The van der Waals surface area contributed by atoms with Crippen molar-refractivity contribution in [3.8, 4) is 0 Å². The fraction of sp³-hybridized carbons (Fsp3) is 0.333. The summed E-state index contributed by atoms with van der Waals surface area (Å²) >= 11 is 0. The summed E-state index contributed by atoms with van der Waals surface area (Å²) in [5, 5.41) is 0. The van der Waals surface area contributed by atoms with Gasteiger partial charge in [0.1, 0.15) is 17.5 Å². The molecule has 2 atom stereocenters. The van der Waals surface area contributed by atoms with E-state index in [-0.39, 0.29) is 29.4 Å². The van der Waals surface area contributed by atoms with Crippen LogP contribution < -0.4 is 4.90 Å². The second kappa shape index (κ2) is 8.99. The van der Waals surface area contributed by atoms with Gasteiger partial charge in [0.2, 0.25) is 0 Å². The first-order valence-electron chi connectivity index (χ1n) is 11.4. The molecule has 166 valence electrons. The lowest BCUT2D eigenvalue weighted by Crippen LogP contribution is -2.45. The molecule has 0 spiro atoms. The van der Waals surface area contributed by atoms with Gasteiger partial charge in [0, 0.05) is 36.4 Å². The summed E-state index contributed by atoms with van der Waals surface area (Å²) in [5.74, 6) is -0.421. The molecule has 5 heteroatoms. The number of halogens is 3. The van der Waals surface area contributed by atoms with E-state index in [9.17, 15) is 13.2 Å². The highest BCUT2D eigenvalue weighted by Gasteiger charge is 2.42. The molecule has 3 aromatic rings. The Balaban J connectivity index is 1.26. The summed E-state index contributed by atoms with van der Waals surface area (Å²) < 4.78 is 40.7. The Hall–Kier alpha value is -2.79. The Morgan fingerprint density at radius 1 is 0.781 bits per heavy atom. The molecule has 1 saturated heterocycles. The van der Waals surface area contributed by atoms with Gasteiger partial charge in [0.05, 0.1) is 0 Å². The molecule has 32 heavy (non-hydrogen) atoms. The molecular formula is C27H27F3N2. The second-order valence-corrected chi connectivity index (χ2v) is 8.90. The first-order chi connectivity index (χ1) is 15.6. The van der Waals surface area contributed by atoms with Crippen LogP contribution in [-0.4, -0.2) is 30.6 Å². The van der Waals surface area contributed by atoms with Crippen molar-refractivity contribution < 1.29 is 13.2 Å². The maximum absolute atomic E-state index is 14.1. The van der Waals surface area contributed by atoms with E-state index in [1.807, 2.05) is 30.3 Å². The number of hydrogen-bond acceptors (Lipinski definition) is 2. The van der Waals surface area contributed by atoms with E-state index in [0.717, 1.165) is 62.3 Å². The molecule has 2 aliphatic heterocycles. The van der Waals surface area contributed by atoms with E-state index in [2.05, 4.69) is 9.80 Å². The minimum Gasteiger partial charge on any atom is -0.337 e. The van der Waals surface area contributed by atoms with Crippen molar-refractivity contribution in [3.05, 3.63) is 95.3 Å². The summed E-state index contributed by atoms with van der Waals surface area (Å²) in [6, 6.07) is 18.7. The lowest BCUT2D eigenvalue weighted by Gasteiger charge is -2.39. The number of unbranched alkanes of at least 4 members (excludes halogenated alkanes) is 1. The van der Waals surface area contributed by atoms with Crippen molar-refractivity contribution in [1.82, 2.24) is 4.90 Å². The first-order valence-corrected chi connectivity index (χ1v) is 11.4. The lowest BCUT2D eigenvalue weighted by molar-refractivity contribution is 0.193. The second-order valence-electron chi connectivity index (χ2n) is 8.90. The highest BCUT2D eigenvalue weighted by Crippen LogP contribution is 2.48. The number of hydrogen-bond donors (Lipinski definition) is 0. The number of rotatable bonds is 6. The van der Waals surface area contributed by atoms with Crippen LogP contribution in [0.15, 0.2) is 66.7 Å². The molecule has 1 fully saturated rings. The fourth-order valence-electron chi connectivity index (χ4n) is 5.29. The monoisotopic (exact) mass is 436 g/mol. The van der Waals surface area contributed by atoms with Crippen molar-refractivity contribution in [2.45, 2.75) is 37.6 Å². The Bertz CT molecular complexity index is 1070. The number of anilines is 2. The van der Waals surface area contributed by atoms with E-state index in [0.29, 0.717) is 0 Å². The van der Waals surface area contributed by atoms with Gasteiger partial charge in [-0.3, -0.25) is 0 Å². The average molecular weight is 437 g/mol. The van der Waals surface area contributed by atoms with Crippen molar-refractivity contribution in [2.24, 2.45) is 0 Å². The first kappa shape index (κ1) is 21.1. The van der Waals surface area contributed by atoms with Gasteiger partial charge < -0.3 is 9.80 Å². The van der Waals surface area contributed by atoms with Crippen molar-refractivity contribution in [2.75, 3.05) is 24.5 Å². The molecule has 0 bridgehead atoms. The molecule has 0 radical (unpaired) electrons. The van der Waals surface area contributed by atoms with Crippen LogP contribution in [0.25, 0.3) is 0 Å². The van der Waals surface area contributed by atoms with Gasteiger partial charge in [0.25, 0.3) is 0 Å². The maximum atomic E-state index is 14.1. The van der Waals surface area contributed by atoms with E-state index in [1.54, 1.807) is 6.07 Å². The minimum absolute atomic E-state index is 0.195. The van der Waals surface area contributed by atoms with Gasteiger partial charge in [-0.25, -0.2) is 13.2 Å². The minimum atomic E-state index is -0.251. The molecule has 0 amide bonds. The van der Waals surface area contributed by atoms with Gasteiger partial charge in [-0.2, -0.15) is 0 Å².